The van der Waals surface area contributed by atoms with Crippen LogP contribution in [0.4, 0.5) is 0 Å². The largest absolute Gasteiger partial charge is 1.00 e. The van der Waals surface area contributed by atoms with Gasteiger partial charge in [0.05, 0.1) is 33.1 Å². The van der Waals surface area contributed by atoms with E-state index in [4.69, 9.17) is 14.2 Å². The number of fused-ring (bicyclic) bond motifs is 5. The second-order valence-electron chi connectivity index (χ2n) is 21.9. The molecule has 0 radical (unpaired) electrons. The number of likely N-dealkylation sites (N-methyl/N-ethyl adjacent to an activating group) is 1. The topological polar surface area (TPSA) is 119 Å². The summed E-state index contributed by atoms with van der Waals surface area (Å²) in [5.41, 5.74) is 2.12. The number of carbonyl (C=O) groups is 3. The van der Waals surface area contributed by atoms with Gasteiger partial charge in [-0.2, -0.15) is 0 Å². The van der Waals surface area contributed by atoms with Crippen LogP contribution in [0.5, 0.6) is 0 Å². The number of aliphatic hydroxyl groups excluding tert-OH is 2. The van der Waals surface area contributed by atoms with Crippen LogP contribution in [0.1, 0.15) is 202 Å². The molecule has 9 atom stereocenters. The molecule has 3 fully saturated rings. The summed E-state index contributed by atoms with van der Waals surface area (Å²) >= 11 is 0. The van der Waals surface area contributed by atoms with Crippen molar-refractivity contribution in [2.24, 2.45) is 46.3 Å². The molecule has 0 bridgehead atoms. The number of allylic oxidation sites excluding steroid dienone is 1. The standard InChI is InChI=1S/C53H94NO8.HI/c1-8-9-10-11-12-13-14-15-16-17-18-22-50(58)62-44(38-54(7,33-35-55)34-36-56)39-60-49(57)27-28-51(59)61-43-29-31-52(5)42(37-43)23-24-45-47-26-25-46(41(4)21-19-20-40(2)3)53(47,6)32-30-48(45)52;/h23,40-41,43-48,55-56H,8-22,24-39H2,1-7H3;1H/q+1;/p-1/t41-,43+,44?,45+,46-,47+,48+,52+,53-;/m1./s1. The molecule has 0 aromatic carbocycles. The number of quaternary nitrogens is 1. The van der Waals surface area contributed by atoms with Gasteiger partial charge in [0.25, 0.3) is 0 Å². The van der Waals surface area contributed by atoms with Gasteiger partial charge in [0, 0.05) is 12.8 Å². The van der Waals surface area contributed by atoms with Crippen LogP contribution < -0.4 is 24.0 Å². The summed E-state index contributed by atoms with van der Waals surface area (Å²) < 4.78 is 17.8. The van der Waals surface area contributed by atoms with Gasteiger partial charge >= 0.3 is 17.9 Å². The zero-order valence-corrected chi connectivity index (χ0v) is 43.4. The molecule has 4 aliphatic rings. The number of aliphatic hydroxyl groups is 2. The van der Waals surface area contributed by atoms with E-state index in [9.17, 15) is 24.6 Å². The zero-order valence-electron chi connectivity index (χ0n) is 41.3. The van der Waals surface area contributed by atoms with Crippen LogP contribution >= 0.6 is 0 Å². The average molecular weight is 1000 g/mol. The third-order valence-corrected chi connectivity index (χ3v) is 16.7. The van der Waals surface area contributed by atoms with Crippen molar-refractivity contribution in [1.82, 2.24) is 0 Å². The predicted octanol–water partition coefficient (Wildman–Crippen LogP) is 8.31. The number of ether oxygens (including phenoxy) is 3. The Balaban J connectivity index is 0.0000106. The van der Waals surface area contributed by atoms with Gasteiger partial charge in [-0.05, 0) is 97.7 Å². The van der Waals surface area contributed by atoms with E-state index in [1.54, 1.807) is 0 Å². The number of nitrogens with zero attached hydrogens (tertiary/aromatic N) is 1. The minimum atomic E-state index is -0.731. The maximum atomic E-state index is 13.1. The molecule has 2 N–H and O–H groups in total. The quantitative estimate of drug-likeness (QED) is 0.0184. The lowest BCUT2D eigenvalue weighted by Crippen LogP contribution is -3.00. The Morgan fingerprint density at radius 3 is 2.03 bits per heavy atom. The highest BCUT2D eigenvalue weighted by molar-refractivity contribution is 5.77. The molecule has 4 aliphatic carbocycles. The van der Waals surface area contributed by atoms with E-state index in [0.29, 0.717) is 30.8 Å². The average Bonchev–Trinajstić information content (AvgIpc) is 3.58. The minimum Gasteiger partial charge on any atom is -1.00 e. The first kappa shape index (κ1) is 56.1. The summed E-state index contributed by atoms with van der Waals surface area (Å²) in [6.07, 6.45) is 28.3. The Kier molecular flexibility index (Phi) is 25.1. The first-order valence-electron chi connectivity index (χ1n) is 26.0. The molecule has 9 nitrogen and oxygen atoms in total. The molecule has 0 amide bonds. The van der Waals surface area contributed by atoms with Gasteiger partial charge in [0.1, 0.15) is 32.3 Å². The van der Waals surface area contributed by atoms with Gasteiger partial charge in [-0.1, -0.05) is 137 Å². The highest BCUT2D eigenvalue weighted by atomic mass is 127. The number of hydrogen-bond acceptors (Lipinski definition) is 8. The van der Waals surface area contributed by atoms with Gasteiger partial charge < -0.3 is 52.9 Å². The lowest BCUT2D eigenvalue weighted by Gasteiger charge is -2.58. The third-order valence-electron chi connectivity index (χ3n) is 16.7. The molecule has 0 aliphatic heterocycles. The lowest BCUT2D eigenvalue weighted by molar-refractivity contribution is -0.912. The van der Waals surface area contributed by atoms with E-state index < -0.39 is 12.1 Å². The van der Waals surface area contributed by atoms with E-state index in [2.05, 4.69) is 47.6 Å². The summed E-state index contributed by atoms with van der Waals surface area (Å²) in [4.78, 5) is 39.0. The molecular formula is C53H94INO8. The maximum Gasteiger partial charge on any atom is 0.306 e. The van der Waals surface area contributed by atoms with Crippen LogP contribution in [0.15, 0.2) is 11.6 Å². The second kappa shape index (κ2) is 28.2. The first-order chi connectivity index (χ1) is 29.7. The molecule has 0 aromatic rings. The zero-order chi connectivity index (χ0) is 45.2. The highest BCUT2D eigenvalue weighted by Crippen LogP contribution is 2.67. The van der Waals surface area contributed by atoms with Gasteiger partial charge in [0.2, 0.25) is 0 Å². The van der Waals surface area contributed by atoms with Crippen LogP contribution in [-0.4, -0.2) is 91.3 Å². The highest BCUT2D eigenvalue weighted by Gasteiger charge is 2.59. The molecule has 0 spiro atoms. The van der Waals surface area contributed by atoms with E-state index in [1.165, 1.54) is 102 Å². The fourth-order valence-electron chi connectivity index (χ4n) is 13.0. The number of rotatable bonds is 30. The summed E-state index contributed by atoms with van der Waals surface area (Å²) in [7, 11) is 1.89. The second-order valence-corrected chi connectivity index (χ2v) is 21.9. The monoisotopic (exact) mass is 1000 g/mol. The first-order valence-corrected chi connectivity index (χ1v) is 26.0. The normalized spacial score (nSPS) is 27.6. The number of hydrogen-bond donors (Lipinski definition) is 2. The Labute approximate surface area is 402 Å². The van der Waals surface area contributed by atoms with Crippen LogP contribution in [0.25, 0.3) is 0 Å². The summed E-state index contributed by atoms with van der Waals surface area (Å²) in [5, 5.41) is 19.4. The Bertz CT molecular complexity index is 1380. The van der Waals surface area contributed by atoms with Crippen LogP contribution in [-0.2, 0) is 28.6 Å². The number of carbonyl (C=O) groups excluding carboxylic acids is 3. The Morgan fingerprint density at radius 1 is 0.762 bits per heavy atom. The predicted molar refractivity (Wildman–Crippen MR) is 249 cm³/mol. The smallest absolute Gasteiger partial charge is 0.306 e. The van der Waals surface area contributed by atoms with Crippen LogP contribution in [0.2, 0.25) is 0 Å². The van der Waals surface area contributed by atoms with Gasteiger partial charge in [0.15, 0.2) is 6.10 Å². The van der Waals surface area contributed by atoms with E-state index in [1.807, 2.05) is 7.05 Å². The Hall–Kier alpha value is -1.24. The third kappa shape index (κ3) is 17.1. The molecule has 366 valence electrons. The molecule has 10 heteroatoms. The van der Waals surface area contributed by atoms with Crippen molar-refractivity contribution in [3.05, 3.63) is 11.6 Å². The molecule has 1 unspecified atom stereocenters. The van der Waals surface area contributed by atoms with Crippen molar-refractivity contribution in [3.8, 4) is 0 Å². The minimum absolute atomic E-state index is 0. The maximum absolute atomic E-state index is 13.1. The Morgan fingerprint density at radius 2 is 1.40 bits per heavy atom. The van der Waals surface area contributed by atoms with Gasteiger partial charge in [-0.15, -0.1) is 0 Å². The van der Waals surface area contributed by atoms with Crippen molar-refractivity contribution in [3.63, 3.8) is 0 Å². The molecule has 0 aromatic heterocycles. The van der Waals surface area contributed by atoms with Crippen molar-refractivity contribution < 1.29 is 67.3 Å². The van der Waals surface area contributed by atoms with Gasteiger partial charge in [-0.25, -0.2) is 0 Å². The lowest BCUT2D eigenvalue weighted by atomic mass is 9.47. The fourth-order valence-corrected chi connectivity index (χ4v) is 13.0. The van der Waals surface area contributed by atoms with Crippen molar-refractivity contribution in [2.45, 2.75) is 214 Å². The van der Waals surface area contributed by atoms with Crippen molar-refractivity contribution >= 4 is 17.9 Å². The van der Waals surface area contributed by atoms with Crippen LogP contribution in [0.3, 0.4) is 0 Å². The van der Waals surface area contributed by atoms with Crippen LogP contribution in [0, 0.1) is 46.3 Å². The number of esters is 3. The summed E-state index contributed by atoms with van der Waals surface area (Å²) in [5.74, 6) is 3.49. The van der Waals surface area contributed by atoms with Crippen molar-refractivity contribution in [1.29, 1.82) is 0 Å². The SMILES string of the molecule is CCCCCCCCCCCCCC(=O)OC(COC(=O)CCC(=O)O[C@H]1CC[C@@]2(C)C(=CC[C@H]3[C@@H]4CC[C@H]([C@H](C)CCCC(C)C)[C@@]4(C)CC[C@@H]32)C1)C[N+](C)(CCO)CCO.[I-]. The molecule has 3 saturated carbocycles. The van der Waals surface area contributed by atoms with E-state index >= 15 is 0 Å². The summed E-state index contributed by atoms with van der Waals surface area (Å²) in [6, 6.07) is 0. The van der Waals surface area contributed by atoms with E-state index in [0.717, 1.165) is 74.5 Å². The molecule has 4 rings (SSSR count). The van der Waals surface area contributed by atoms with Crippen molar-refractivity contribution in [2.75, 3.05) is 46.5 Å². The summed E-state index contributed by atoms with van der Waals surface area (Å²) in [6.45, 7) is 15.3. The molecule has 63 heavy (non-hydrogen) atoms. The molecular weight excluding hydrogens is 905 g/mol. The molecule has 0 saturated heterocycles. The number of halogens is 1. The molecule has 0 heterocycles. The number of unbranched alkanes of at least 4 members (excludes halogenated alkanes) is 10. The van der Waals surface area contributed by atoms with E-state index in [-0.39, 0.29) is 91.1 Å². The fraction of sp³-hybridized carbons (Fsp3) is 0.906. The van der Waals surface area contributed by atoms with Gasteiger partial charge in [-0.3, -0.25) is 14.4 Å².